The van der Waals surface area contributed by atoms with Gasteiger partial charge in [-0.2, -0.15) is 0 Å². The average molecular weight is 264 g/mol. The van der Waals surface area contributed by atoms with Gasteiger partial charge in [0.2, 0.25) is 0 Å². The normalized spacial score (nSPS) is 14.2. The van der Waals surface area contributed by atoms with Crippen LogP contribution in [0.5, 0.6) is 5.75 Å². The lowest BCUT2D eigenvalue weighted by atomic mass is 10.1. The van der Waals surface area contributed by atoms with E-state index in [1.807, 2.05) is 6.92 Å². The lowest BCUT2D eigenvalue weighted by Gasteiger charge is -2.21. The van der Waals surface area contributed by atoms with Crippen LogP contribution in [0.3, 0.4) is 0 Å². The minimum absolute atomic E-state index is 0.0249. The molecule has 104 valence electrons. The van der Waals surface area contributed by atoms with Crippen molar-refractivity contribution >= 4 is 11.6 Å². The van der Waals surface area contributed by atoms with E-state index < -0.39 is 0 Å². The molecule has 0 saturated heterocycles. The minimum atomic E-state index is -0.0928. The van der Waals surface area contributed by atoms with Crippen LogP contribution in [0.4, 0.5) is 5.69 Å². The van der Waals surface area contributed by atoms with Crippen LogP contribution in [0.25, 0.3) is 0 Å². The maximum atomic E-state index is 12.4. The van der Waals surface area contributed by atoms with Crippen LogP contribution in [0.1, 0.15) is 30.1 Å². The molecule has 0 atom stereocenters. The van der Waals surface area contributed by atoms with E-state index in [1.165, 1.54) is 0 Å². The third-order valence-corrected chi connectivity index (χ3v) is 3.08. The van der Waals surface area contributed by atoms with E-state index >= 15 is 0 Å². The van der Waals surface area contributed by atoms with E-state index in [0.717, 1.165) is 12.8 Å². The summed E-state index contributed by atoms with van der Waals surface area (Å²) in [6.45, 7) is 2.75. The molecular weight excluding hydrogens is 244 g/mol. The molecule has 3 N–H and O–H groups in total. The van der Waals surface area contributed by atoms with Gasteiger partial charge in [0.15, 0.2) is 0 Å². The van der Waals surface area contributed by atoms with Crippen LogP contribution in [0.15, 0.2) is 18.2 Å². The number of aliphatic hydroxyl groups excluding tert-OH is 1. The maximum Gasteiger partial charge on any atom is 0.254 e. The molecule has 0 spiro atoms. The molecule has 1 aliphatic carbocycles. The van der Waals surface area contributed by atoms with Crippen molar-refractivity contribution in [3.63, 3.8) is 0 Å². The second kappa shape index (κ2) is 5.93. The number of aliphatic hydroxyl groups is 1. The fourth-order valence-electron chi connectivity index (χ4n) is 2.11. The Bertz CT molecular complexity index is 458. The molecule has 19 heavy (non-hydrogen) atoms. The summed E-state index contributed by atoms with van der Waals surface area (Å²) in [5, 5.41) is 9.06. The van der Waals surface area contributed by atoms with Crippen molar-refractivity contribution in [3.05, 3.63) is 23.8 Å². The molecule has 1 saturated carbocycles. The molecule has 1 aromatic carbocycles. The van der Waals surface area contributed by atoms with Crippen LogP contribution >= 0.6 is 0 Å². The highest BCUT2D eigenvalue weighted by molar-refractivity contribution is 5.96. The Balaban J connectivity index is 2.21. The molecule has 1 aromatic rings. The van der Waals surface area contributed by atoms with Crippen LogP contribution < -0.4 is 10.5 Å². The summed E-state index contributed by atoms with van der Waals surface area (Å²) in [6.07, 6.45) is 2.01. The Hall–Kier alpha value is -1.75. The first-order chi connectivity index (χ1) is 9.15. The fraction of sp³-hybridized carbons (Fsp3) is 0.500. The molecule has 1 fully saturated rings. The van der Waals surface area contributed by atoms with Gasteiger partial charge in [-0.15, -0.1) is 0 Å². The highest BCUT2D eigenvalue weighted by Crippen LogP contribution is 2.29. The standard InChI is InChI=1S/C14H20N2O3/c1-2-19-13-8-10(7-11(15)9-13)14(18)16(5-6-17)12-3-4-12/h7-9,12,17H,2-6,15H2,1H3. The van der Waals surface area contributed by atoms with Crippen molar-refractivity contribution < 1.29 is 14.6 Å². The summed E-state index contributed by atoms with van der Waals surface area (Å²) >= 11 is 0. The molecule has 5 nitrogen and oxygen atoms in total. The monoisotopic (exact) mass is 264 g/mol. The highest BCUT2D eigenvalue weighted by atomic mass is 16.5. The molecule has 0 aromatic heterocycles. The summed E-state index contributed by atoms with van der Waals surface area (Å²) in [7, 11) is 0. The summed E-state index contributed by atoms with van der Waals surface area (Å²) in [6, 6.07) is 5.32. The number of nitrogen functional groups attached to an aromatic ring is 1. The van der Waals surface area contributed by atoms with E-state index in [2.05, 4.69) is 0 Å². The molecular formula is C14H20N2O3. The van der Waals surface area contributed by atoms with Gasteiger partial charge in [0, 0.05) is 29.9 Å². The molecule has 0 aliphatic heterocycles. The molecule has 0 radical (unpaired) electrons. The number of hydrogen-bond acceptors (Lipinski definition) is 4. The number of nitrogens with two attached hydrogens (primary N) is 1. The Morgan fingerprint density at radius 3 is 2.79 bits per heavy atom. The third kappa shape index (κ3) is 3.38. The number of carbonyl (C=O) groups is 1. The molecule has 0 bridgehead atoms. The van der Waals surface area contributed by atoms with Crippen molar-refractivity contribution in [1.29, 1.82) is 0 Å². The molecule has 0 heterocycles. The number of benzene rings is 1. The van der Waals surface area contributed by atoms with Gasteiger partial charge in [-0.3, -0.25) is 4.79 Å². The molecule has 0 unspecified atom stereocenters. The SMILES string of the molecule is CCOc1cc(N)cc(C(=O)N(CCO)C2CC2)c1. The number of nitrogens with zero attached hydrogens (tertiary/aromatic N) is 1. The topological polar surface area (TPSA) is 75.8 Å². The number of ether oxygens (including phenoxy) is 1. The molecule has 5 heteroatoms. The number of carbonyl (C=O) groups excluding carboxylic acids is 1. The van der Waals surface area contributed by atoms with Gasteiger partial charge in [-0.25, -0.2) is 0 Å². The summed E-state index contributed by atoms with van der Waals surface area (Å²) in [4.78, 5) is 14.1. The lowest BCUT2D eigenvalue weighted by molar-refractivity contribution is 0.0707. The molecule has 2 rings (SSSR count). The van der Waals surface area contributed by atoms with Gasteiger partial charge in [0.05, 0.1) is 13.2 Å². The number of amides is 1. The van der Waals surface area contributed by atoms with Crippen molar-refractivity contribution in [2.45, 2.75) is 25.8 Å². The van der Waals surface area contributed by atoms with E-state index in [9.17, 15) is 4.79 Å². The van der Waals surface area contributed by atoms with E-state index in [0.29, 0.717) is 30.2 Å². The predicted molar refractivity (Wildman–Crippen MR) is 73.2 cm³/mol. The van der Waals surface area contributed by atoms with Crippen LogP contribution in [0, 0.1) is 0 Å². The van der Waals surface area contributed by atoms with E-state index in [4.69, 9.17) is 15.6 Å². The minimum Gasteiger partial charge on any atom is -0.494 e. The zero-order valence-electron chi connectivity index (χ0n) is 11.1. The first kappa shape index (κ1) is 13.7. The van der Waals surface area contributed by atoms with Crippen LogP contribution in [-0.2, 0) is 0 Å². The smallest absolute Gasteiger partial charge is 0.254 e. The number of hydrogen-bond donors (Lipinski definition) is 2. The number of rotatable bonds is 6. The van der Waals surface area contributed by atoms with Crippen LogP contribution in [-0.4, -0.2) is 41.7 Å². The zero-order valence-corrected chi connectivity index (χ0v) is 11.1. The van der Waals surface area contributed by atoms with Crippen molar-refractivity contribution in [3.8, 4) is 5.75 Å². The summed E-state index contributed by atoms with van der Waals surface area (Å²) < 4.78 is 5.39. The Morgan fingerprint density at radius 1 is 1.47 bits per heavy atom. The fourth-order valence-corrected chi connectivity index (χ4v) is 2.11. The average Bonchev–Trinajstić information content (AvgIpc) is 3.19. The second-order valence-corrected chi connectivity index (χ2v) is 4.68. The van der Waals surface area contributed by atoms with E-state index in [-0.39, 0.29) is 18.6 Å². The first-order valence-corrected chi connectivity index (χ1v) is 6.61. The maximum absolute atomic E-state index is 12.4. The lowest BCUT2D eigenvalue weighted by Crippen LogP contribution is -2.35. The Labute approximate surface area is 113 Å². The quantitative estimate of drug-likeness (QED) is 0.759. The van der Waals surface area contributed by atoms with Gasteiger partial charge < -0.3 is 20.5 Å². The van der Waals surface area contributed by atoms with Crippen molar-refractivity contribution in [2.75, 3.05) is 25.5 Å². The van der Waals surface area contributed by atoms with Gasteiger partial charge in [-0.05, 0) is 31.9 Å². The Kier molecular flexibility index (Phi) is 4.27. The number of anilines is 1. The first-order valence-electron chi connectivity index (χ1n) is 6.61. The van der Waals surface area contributed by atoms with Crippen molar-refractivity contribution in [1.82, 2.24) is 4.90 Å². The Morgan fingerprint density at radius 2 is 2.21 bits per heavy atom. The highest BCUT2D eigenvalue weighted by Gasteiger charge is 2.32. The predicted octanol–water partition coefficient (Wildman–Crippen LogP) is 1.26. The van der Waals surface area contributed by atoms with Gasteiger partial charge in [0.1, 0.15) is 5.75 Å². The summed E-state index contributed by atoms with van der Waals surface area (Å²) in [5.41, 5.74) is 6.82. The summed E-state index contributed by atoms with van der Waals surface area (Å²) in [5.74, 6) is 0.510. The molecule has 1 aliphatic rings. The third-order valence-electron chi connectivity index (χ3n) is 3.08. The second-order valence-electron chi connectivity index (χ2n) is 4.68. The van der Waals surface area contributed by atoms with Gasteiger partial charge in [-0.1, -0.05) is 0 Å². The van der Waals surface area contributed by atoms with Gasteiger partial charge >= 0.3 is 0 Å². The zero-order chi connectivity index (χ0) is 13.8. The van der Waals surface area contributed by atoms with Crippen LogP contribution in [0.2, 0.25) is 0 Å². The molecule has 1 amide bonds. The van der Waals surface area contributed by atoms with Gasteiger partial charge in [0.25, 0.3) is 5.91 Å². The van der Waals surface area contributed by atoms with Crippen molar-refractivity contribution in [2.24, 2.45) is 0 Å². The largest absolute Gasteiger partial charge is 0.494 e. The van der Waals surface area contributed by atoms with E-state index in [1.54, 1.807) is 23.1 Å².